The molecule has 0 amide bonds. The van der Waals surface area contributed by atoms with Crippen molar-refractivity contribution in [1.82, 2.24) is 9.97 Å². The molecule has 31 heavy (non-hydrogen) atoms. The van der Waals surface area contributed by atoms with Crippen LogP contribution in [-0.4, -0.2) is 30.1 Å². The predicted molar refractivity (Wildman–Crippen MR) is 115 cm³/mol. The molecule has 0 N–H and O–H groups in total. The lowest BCUT2D eigenvalue weighted by Crippen LogP contribution is -2.17. The number of aromatic nitrogens is 2. The molecule has 1 aromatic heterocycles. The average Bonchev–Trinajstić information content (AvgIpc) is 2.69. The zero-order valence-electron chi connectivity index (χ0n) is 17.0. The van der Waals surface area contributed by atoms with Gasteiger partial charge < -0.3 is 4.74 Å². The number of Topliss-reactive ketones (excluding diaryl/α,β-unsaturated/α-hetero) is 1. The number of esters is 1. The molecular weight excluding hydrogens is 440 g/mol. The Kier molecular flexibility index (Phi) is 6.52. The minimum atomic E-state index is -3.93. The van der Waals surface area contributed by atoms with Crippen LogP contribution in [-0.2, 0) is 15.6 Å². The quantitative estimate of drug-likeness (QED) is 0.236. The zero-order valence-corrected chi connectivity index (χ0v) is 18.6. The first-order valence-electron chi connectivity index (χ1n) is 9.21. The van der Waals surface area contributed by atoms with Gasteiger partial charge in [-0.1, -0.05) is 41.4 Å². The van der Waals surface area contributed by atoms with Gasteiger partial charge in [0.1, 0.15) is 5.75 Å². The summed E-state index contributed by atoms with van der Waals surface area (Å²) < 4.78 is 30.8. The van der Waals surface area contributed by atoms with E-state index in [1.54, 1.807) is 31.2 Å². The summed E-state index contributed by atoms with van der Waals surface area (Å²) in [6.07, 6.45) is 1.06. The number of carbonyl (C=O) groups excluding carboxylic acids is 2. The van der Waals surface area contributed by atoms with Gasteiger partial charge in [-0.25, -0.2) is 23.2 Å². The highest BCUT2D eigenvalue weighted by Gasteiger charge is 2.24. The van der Waals surface area contributed by atoms with Gasteiger partial charge in [-0.05, 0) is 50.1 Å². The van der Waals surface area contributed by atoms with Crippen LogP contribution in [0.5, 0.6) is 5.75 Å². The lowest BCUT2D eigenvalue weighted by molar-refractivity contribution is 0.0726. The van der Waals surface area contributed by atoms with Crippen LogP contribution in [0.3, 0.4) is 0 Å². The van der Waals surface area contributed by atoms with Crippen molar-refractivity contribution in [3.05, 3.63) is 81.6 Å². The van der Waals surface area contributed by atoms with Gasteiger partial charge in [0, 0.05) is 5.56 Å². The Bertz CT molecular complexity index is 1290. The van der Waals surface area contributed by atoms with Crippen molar-refractivity contribution in [3.8, 4) is 5.75 Å². The fourth-order valence-electron chi connectivity index (χ4n) is 2.86. The van der Waals surface area contributed by atoms with Gasteiger partial charge in [-0.3, -0.25) is 4.79 Å². The van der Waals surface area contributed by atoms with E-state index in [0.717, 1.165) is 11.8 Å². The lowest BCUT2D eigenvalue weighted by Gasteiger charge is -2.10. The molecule has 0 fully saturated rings. The largest absolute Gasteiger partial charge is 0.421 e. The summed E-state index contributed by atoms with van der Waals surface area (Å²) in [5.41, 5.74) is 2.15. The first-order chi connectivity index (χ1) is 14.6. The number of carbonyl (C=O) groups is 2. The summed E-state index contributed by atoms with van der Waals surface area (Å²) in [7, 11) is -3.93. The molecule has 3 aromatic rings. The first kappa shape index (κ1) is 22.6. The minimum absolute atomic E-state index is 0.122. The number of ether oxygens (including phenoxy) is 1. The number of hydrogen-bond acceptors (Lipinski definition) is 7. The average molecular weight is 459 g/mol. The number of rotatable bonds is 6. The zero-order chi connectivity index (χ0) is 22.8. The van der Waals surface area contributed by atoms with Crippen molar-refractivity contribution in [1.29, 1.82) is 0 Å². The first-order valence-corrected chi connectivity index (χ1v) is 11.2. The molecule has 0 atom stereocenters. The van der Waals surface area contributed by atoms with Crippen LogP contribution in [0.25, 0.3) is 0 Å². The van der Waals surface area contributed by atoms with Gasteiger partial charge in [0.2, 0.25) is 15.0 Å². The molecule has 0 aliphatic rings. The Balaban J connectivity index is 1.88. The Morgan fingerprint density at radius 3 is 2.48 bits per heavy atom. The number of hydrogen-bond donors (Lipinski definition) is 0. The molecule has 1 heterocycles. The molecule has 0 saturated carbocycles. The van der Waals surface area contributed by atoms with E-state index >= 15 is 0 Å². The van der Waals surface area contributed by atoms with Crippen molar-refractivity contribution < 1.29 is 22.7 Å². The SMILES string of the molecule is CC(=O)c1ccc(OC(=O)c2nc(S(=O)(=O)Cc3cccc(C)c3)ncc2Cl)c(C)c1. The second kappa shape index (κ2) is 8.95. The van der Waals surface area contributed by atoms with Gasteiger partial charge in [-0.2, -0.15) is 0 Å². The van der Waals surface area contributed by atoms with Crippen molar-refractivity contribution in [3.63, 3.8) is 0 Å². The van der Waals surface area contributed by atoms with Crippen molar-refractivity contribution in [2.45, 2.75) is 31.7 Å². The molecular formula is C22H19ClN2O5S. The number of halogens is 1. The molecule has 2 aromatic carbocycles. The summed E-state index contributed by atoms with van der Waals surface area (Å²) in [5, 5.41) is -0.661. The maximum Gasteiger partial charge on any atom is 0.364 e. The fourth-order valence-corrected chi connectivity index (χ4v) is 4.22. The summed E-state index contributed by atoms with van der Waals surface area (Å²) in [6, 6.07) is 11.6. The second-order valence-electron chi connectivity index (χ2n) is 7.02. The highest BCUT2D eigenvalue weighted by molar-refractivity contribution is 7.90. The van der Waals surface area contributed by atoms with Gasteiger partial charge in [0.25, 0.3) is 0 Å². The molecule has 160 valence electrons. The number of ketones is 1. The highest BCUT2D eigenvalue weighted by Crippen LogP contribution is 2.23. The van der Waals surface area contributed by atoms with E-state index in [9.17, 15) is 18.0 Å². The molecule has 0 saturated heterocycles. The van der Waals surface area contributed by atoms with E-state index in [-0.39, 0.29) is 28.0 Å². The molecule has 0 spiro atoms. The van der Waals surface area contributed by atoms with Gasteiger partial charge in [0.15, 0.2) is 11.5 Å². The standard InChI is InChI=1S/C22H19ClN2O5S/c1-13-5-4-6-16(9-13)12-31(28,29)22-24-11-18(23)20(25-22)21(27)30-19-8-7-17(15(3)26)10-14(19)2/h4-11H,12H2,1-3H3. The summed E-state index contributed by atoms with van der Waals surface area (Å²) in [5.74, 6) is -1.17. The van der Waals surface area contributed by atoms with Crippen molar-refractivity contribution >= 4 is 33.2 Å². The lowest BCUT2D eigenvalue weighted by atomic mass is 10.1. The molecule has 0 aliphatic heterocycles. The Hall–Kier alpha value is -3.10. The maximum absolute atomic E-state index is 12.8. The molecule has 3 rings (SSSR count). The molecule has 7 nitrogen and oxygen atoms in total. The molecule has 0 bridgehead atoms. The van der Waals surface area contributed by atoms with Crippen LogP contribution >= 0.6 is 11.6 Å². The fraction of sp³-hybridized carbons (Fsp3) is 0.182. The van der Waals surface area contributed by atoms with Crippen molar-refractivity contribution in [2.24, 2.45) is 0 Å². The van der Waals surface area contributed by atoms with Crippen LogP contribution in [0.1, 0.15) is 44.5 Å². The number of benzene rings is 2. The molecule has 0 aliphatic carbocycles. The Labute approximate surface area is 185 Å². The topological polar surface area (TPSA) is 103 Å². The Morgan fingerprint density at radius 1 is 1.10 bits per heavy atom. The summed E-state index contributed by atoms with van der Waals surface area (Å²) in [4.78, 5) is 31.8. The summed E-state index contributed by atoms with van der Waals surface area (Å²) in [6.45, 7) is 4.96. The van der Waals surface area contributed by atoms with Crippen molar-refractivity contribution in [2.75, 3.05) is 0 Å². The van der Waals surface area contributed by atoms with Crippen LogP contribution in [0, 0.1) is 13.8 Å². The normalized spacial score (nSPS) is 11.2. The smallest absolute Gasteiger partial charge is 0.364 e. The third-order valence-electron chi connectivity index (χ3n) is 4.42. The van der Waals surface area contributed by atoms with Crippen LogP contribution in [0.4, 0.5) is 0 Å². The monoisotopic (exact) mass is 458 g/mol. The van der Waals surface area contributed by atoms with Gasteiger partial charge in [-0.15, -0.1) is 0 Å². The van der Waals surface area contributed by atoms with E-state index in [2.05, 4.69) is 9.97 Å². The second-order valence-corrected chi connectivity index (χ2v) is 9.31. The number of aryl methyl sites for hydroxylation is 2. The number of nitrogens with zero attached hydrogens (tertiary/aromatic N) is 2. The van der Waals surface area contributed by atoms with Crippen LogP contribution < -0.4 is 4.74 Å². The van der Waals surface area contributed by atoms with E-state index in [0.29, 0.717) is 16.7 Å². The molecule has 0 radical (unpaired) electrons. The molecule has 0 unspecified atom stereocenters. The summed E-state index contributed by atoms with van der Waals surface area (Å²) >= 11 is 6.03. The highest BCUT2D eigenvalue weighted by atomic mass is 35.5. The van der Waals surface area contributed by atoms with E-state index in [4.69, 9.17) is 16.3 Å². The molecule has 9 heteroatoms. The van der Waals surface area contributed by atoms with Crippen LogP contribution in [0.2, 0.25) is 5.02 Å². The third-order valence-corrected chi connectivity index (χ3v) is 6.16. The van der Waals surface area contributed by atoms with Crippen LogP contribution in [0.15, 0.2) is 53.8 Å². The minimum Gasteiger partial charge on any atom is -0.421 e. The number of sulfone groups is 1. The van der Waals surface area contributed by atoms with E-state index in [1.165, 1.54) is 19.1 Å². The van der Waals surface area contributed by atoms with E-state index < -0.39 is 21.0 Å². The van der Waals surface area contributed by atoms with Gasteiger partial charge >= 0.3 is 5.97 Å². The van der Waals surface area contributed by atoms with Gasteiger partial charge in [0.05, 0.1) is 17.0 Å². The maximum atomic E-state index is 12.8. The Morgan fingerprint density at radius 2 is 1.84 bits per heavy atom. The third kappa shape index (κ3) is 5.34. The van der Waals surface area contributed by atoms with E-state index in [1.807, 2.05) is 13.0 Å². The predicted octanol–water partition coefficient (Wildman–Crippen LogP) is 4.14.